The van der Waals surface area contributed by atoms with E-state index < -0.39 is 22.3 Å². The number of carbonyl (C=O) groups excluding carboxylic acids is 1. The minimum atomic E-state index is -0.741. The van der Waals surface area contributed by atoms with Crippen LogP contribution in [0, 0.1) is 16.0 Å². The molecule has 3 rings (SSSR count). The number of benzene rings is 1. The highest BCUT2D eigenvalue weighted by Crippen LogP contribution is 2.30. The molecule has 0 saturated carbocycles. The van der Waals surface area contributed by atoms with Crippen molar-refractivity contribution in [2.24, 2.45) is 5.92 Å². The number of nitro benzene ring substituents is 1. The lowest BCUT2D eigenvalue weighted by atomic mass is 9.96. The monoisotopic (exact) mass is 390 g/mol. The van der Waals surface area contributed by atoms with Crippen molar-refractivity contribution in [3.63, 3.8) is 0 Å². The topological polar surface area (TPSA) is 122 Å². The fourth-order valence-electron chi connectivity index (χ4n) is 3.24. The number of nitrogens with zero attached hydrogens (tertiary/aromatic N) is 2. The Morgan fingerprint density at radius 2 is 2.15 bits per heavy atom. The molecule has 1 fully saturated rings. The Balaban J connectivity index is 1.51. The highest BCUT2D eigenvalue weighted by molar-refractivity contribution is 7.09. The zero-order valence-electron chi connectivity index (χ0n) is 14.8. The number of nitrogens with one attached hydrogen (secondary N) is 1. The van der Waals surface area contributed by atoms with Gasteiger partial charge in [-0.25, -0.2) is 0 Å². The molecular weight excluding hydrogens is 368 g/mol. The molecule has 4 N–H and O–H groups in total. The Morgan fingerprint density at radius 3 is 2.78 bits per heavy atom. The number of phenolic OH excluding ortho intramolecular Hbond substituents is 1. The summed E-state index contributed by atoms with van der Waals surface area (Å²) in [7, 11) is 0. The number of anilines is 1. The number of rotatable bonds is 6. The van der Waals surface area contributed by atoms with Crippen LogP contribution in [0.5, 0.6) is 5.75 Å². The number of amides is 1. The molecule has 27 heavy (non-hydrogen) atoms. The second-order valence-electron chi connectivity index (χ2n) is 6.69. The van der Waals surface area contributed by atoms with Gasteiger partial charge in [0.2, 0.25) is 0 Å². The van der Waals surface area contributed by atoms with Gasteiger partial charge in [0, 0.05) is 35.8 Å². The molecule has 9 heteroatoms. The number of nitrogens with two attached hydrogens (primary N) is 1. The summed E-state index contributed by atoms with van der Waals surface area (Å²) in [6.07, 6.45) is 1.97. The van der Waals surface area contributed by atoms with Crippen molar-refractivity contribution in [3.8, 4) is 5.75 Å². The Bertz CT molecular complexity index is 817. The minimum Gasteiger partial charge on any atom is -0.502 e. The molecule has 0 radical (unpaired) electrons. The van der Waals surface area contributed by atoms with Crippen LogP contribution in [0.1, 0.15) is 28.1 Å². The van der Waals surface area contributed by atoms with Crippen LogP contribution in [0.3, 0.4) is 0 Å². The van der Waals surface area contributed by atoms with Crippen LogP contribution in [0.25, 0.3) is 0 Å². The lowest BCUT2D eigenvalue weighted by molar-refractivity contribution is -0.385. The van der Waals surface area contributed by atoms with Crippen LogP contribution in [0.2, 0.25) is 0 Å². The van der Waals surface area contributed by atoms with Crippen molar-refractivity contribution in [2.45, 2.75) is 19.4 Å². The summed E-state index contributed by atoms with van der Waals surface area (Å²) in [4.78, 5) is 26.3. The van der Waals surface area contributed by atoms with E-state index in [1.165, 1.54) is 4.88 Å². The van der Waals surface area contributed by atoms with E-state index in [9.17, 15) is 20.0 Å². The summed E-state index contributed by atoms with van der Waals surface area (Å²) < 4.78 is 0. The average Bonchev–Trinajstić information content (AvgIpc) is 3.13. The number of hydrogen-bond donors (Lipinski definition) is 3. The largest absolute Gasteiger partial charge is 0.502 e. The molecule has 2 heterocycles. The summed E-state index contributed by atoms with van der Waals surface area (Å²) >= 11 is 1.76. The Hall–Kier alpha value is -2.65. The lowest BCUT2D eigenvalue weighted by Crippen LogP contribution is -2.38. The highest BCUT2D eigenvalue weighted by Gasteiger charge is 2.23. The van der Waals surface area contributed by atoms with Crippen molar-refractivity contribution in [1.82, 2.24) is 10.2 Å². The standard InChI is InChI=1S/C18H22N4O4S/c19-15-9-17(23)16(22(25)26)8-14(15)18(24)20-10-12-3-5-21(6-4-12)11-13-2-1-7-27-13/h1-2,7-9,12,23H,3-6,10-11,19H2,(H,20,24). The Kier molecular flexibility index (Phi) is 5.92. The quantitative estimate of drug-likeness (QED) is 0.396. The SMILES string of the molecule is Nc1cc(O)c([N+](=O)[O-])cc1C(=O)NCC1CCN(Cc2cccs2)CC1. The third kappa shape index (κ3) is 4.75. The summed E-state index contributed by atoms with van der Waals surface area (Å²) in [5, 5.41) is 25.4. The van der Waals surface area contributed by atoms with Gasteiger partial charge in [-0.2, -0.15) is 0 Å². The van der Waals surface area contributed by atoms with E-state index in [0.717, 1.165) is 44.6 Å². The minimum absolute atomic E-state index is 0.00892. The van der Waals surface area contributed by atoms with E-state index in [1.54, 1.807) is 11.3 Å². The highest BCUT2D eigenvalue weighted by atomic mass is 32.1. The van der Waals surface area contributed by atoms with Crippen LogP contribution in [0.15, 0.2) is 29.6 Å². The molecule has 1 amide bonds. The molecule has 1 aromatic carbocycles. The van der Waals surface area contributed by atoms with E-state index >= 15 is 0 Å². The van der Waals surface area contributed by atoms with Crippen molar-refractivity contribution in [2.75, 3.05) is 25.4 Å². The summed E-state index contributed by atoms with van der Waals surface area (Å²) in [5.41, 5.74) is 5.23. The number of likely N-dealkylation sites (tertiary alicyclic amines) is 1. The second-order valence-corrected chi connectivity index (χ2v) is 7.73. The van der Waals surface area contributed by atoms with E-state index in [0.29, 0.717) is 12.5 Å². The van der Waals surface area contributed by atoms with E-state index in [4.69, 9.17) is 5.73 Å². The zero-order chi connectivity index (χ0) is 19.4. The van der Waals surface area contributed by atoms with Gasteiger partial charge in [-0.1, -0.05) is 6.07 Å². The first kappa shape index (κ1) is 19.1. The Morgan fingerprint density at radius 1 is 1.41 bits per heavy atom. The fourth-order valence-corrected chi connectivity index (χ4v) is 3.99. The van der Waals surface area contributed by atoms with E-state index in [1.807, 2.05) is 0 Å². The van der Waals surface area contributed by atoms with Crippen molar-refractivity contribution >= 4 is 28.6 Å². The molecule has 144 valence electrons. The van der Waals surface area contributed by atoms with Gasteiger partial charge in [0.25, 0.3) is 5.91 Å². The van der Waals surface area contributed by atoms with Crippen molar-refractivity contribution in [3.05, 3.63) is 50.2 Å². The number of piperidine rings is 1. The number of nitro groups is 1. The molecule has 0 bridgehead atoms. The van der Waals surface area contributed by atoms with Gasteiger partial charge in [-0.3, -0.25) is 19.8 Å². The molecule has 8 nitrogen and oxygen atoms in total. The smallest absolute Gasteiger partial charge is 0.311 e. The van der Waals surface area contributed by atoms with Gasteiger partial charge in [0.05, 0.1) is 10.5 Å². The average molecular weight is 390 g/mol. The maximum Gasteiger partial charge on any atom is 0.311 e. The predicted octanol–water partition coefficient (Wildman–Crippen LogP) is 2.59. The van der Waals surface area contributed by atoms with E-state index in [2.05, 4.69) is 27.7 Å². The van der Waals surface area contributed by atoms with Gasteiger partial charge in [-0.05, 0) is 43.3 Å². The number of thiophene rings is 1. The molecule has 0 aliphatic carbocycles. The number of aromatic hydroxyl groups is 1. The third-order valence-corrected chi connectivity index (χ3v) is 5.67. The molecule has 0 unspecified atom stereocenters. The van der Waals surface area contributed by atoms with Gasteiger partial charge < -0.3 is 16.2 Å². The van der Waals surface area contributed by atoms with Crippen molar-refractivity contribution < 1.29 is 14.8 Å². The molecule has 0 spiro atoms. The van der Waals surface area contributed by atoms with Gasteiger partial charge >= 0.3 is 5.69 Å². The van der Waals surface area contributed by atoms with E-state index in [-0.39, 0.29) is 11.3 Å². The van der Waals surface area contributed by atoms with Crippen LogP contribution >= 0.6 is 11.3 Å². The fraction of sp³-hybridized carbons (Fsp3) is 0.389. The van der Waals surface area contributed by atoms with Crippen LogP contribution in [0.4, 0.5) is 11.4 Å². The molecule has 1 saturated heterocycles. The maximum absolute atomic E-state index is 12.4. The number of phenols is 1. The first-order valence-corrected chi connectivity index (χ1v) is 9.62. The molecular formula is C18H22N4O4S. The predicted molar refractivity (Wildman–Crippen MR) is 104 cm³/mol. The molecule has 1 aliphatic heterocycles. The Labute approximate surface area is 160 Å². The second kappa shape index (κ2) is 8.36. The first-order valence-electron chi connectivity index (χ1n) is 8.74. The van der Waals surface area contributed by atoms with Crippen LogP contribution < -0.4 is 11.1 Å². The number of carbonyl (C=O) groups is 1. The van der Waals surface area contributed by atoms with Gasteiger partial charge in [0.1, 0.15) is 0 Å². The maximum atomic E-state index is 12.4. The molecule has 2 aromatic rings. The van der Waals surface area contributed by atoms with Gasteiger partial charge in [-0.15, -0.1) is 11.3 Å². The normalized spacial score (nSPS) is 15.6. The molecule has 1 aromatic heterocycles. The van der Waals surface area contributed by atoms with Crippen LogP contribution in [-0.2, 0) is 6.54 Å². The molecule has 1 aliphatic rings. The zero-order valence-corrected chi connectivity index (χ0v) is 15.6. The van der Waals surface area contributed by atoms with Crippen molar-refractivity contribution in [1.29, 1.82) is 0 Å². The van der Waals surface area contributed by atoms with Crippen LogP contribution in [-0.4, -0.2) is 40.5 Å². The summed E-state index contributed by atoms with van der Waals surface area (Å²) in [6, 6.07) is 6.25. The molecule has 0 atom stereocenters. The third-order valence-electron chi connectivity index (χ3n) is 4.81. The summed E-state index contributed by atoms with van der Waals surface area (Å²) in [5.74, 6) is -0.648. The number of hydrogen-bond acceptors (Lipinski definition) is 7. The lowest BCUT2D eigenvalue weighted by Gasteiger charge is -2.31. The first-order chi connectivity index (χ1) is 12.9. The number of nitrogen functional groups attached to an aromatic ring is 1. The van der Waals surface area contributed by atoms with Gasteiger partial charge in [0.15, 0.2) is 5.75 Å². The summed E-state index contributed by atoms with van der Waals surface area (Å²) in [6.45, 7) is 3.42.